The molecule has 0 radical (unpaired) electrons. The Morgan fingerprint density at radius 1 is 1.29 bits per heavy atom. The van der Waals surface area contributed by atoms with Gasteiger partial charge in [0.2, 0.25) is 0 Å². The maximum atomic E-state index is 11.8. The predicted octanol–water partition coefficient (Wildman–Crippen LogP) is 2.96. The Kier molecular flexibility index (Phi) is 3.86. The number of nitrogens with zero attached hydrogens (tertiary/aromatic N) is 2. The first-order valence-electron chi connectivity index (χ1n) is 7.65. The average molecular weight is 286 g/mol. The van der Waals surface area contributed by atoms with Gasteiger partial charge in [-0.3, -0.25) is 4.79 Å². The molecule has 0 amide bonds. The van der Waals surface area contributed by atoms with Gasteiger partial charge in [0.05, 0.1) is 12.5 Å². The molecule has 0 aliphatic carbocycles. The molecule has 112 valence electrons. The van der Waals surface area contributed by atoms with Gasteiger partial charge in [0.25, 0.3) is 0 Å². The molecule has 0 N–H and O–H groups in total. The number of carbonyl (C=O) groups is 1. The minimum Gasteiger partial charge on any atom is -0.466 e. The van der Waals surface area contributed by atoms with Crippen molar-refractivity contribution >= 4 is 22.6 Å². The van der Waals surface area contributed by atoms with E-state index in [2.05, 4.69) is 47.0 Å². The lowest BCUT2D eigenvalue weighted by atomic mass is 9.96. The van der Waals surface area contributed by atoms with E-state index in [4.69, 9.17) is 4.74 Å². The summed E-state index contributed by atoms with van der Waals surface area (Å²) in [5.74, 6) is 0.0392. The first-order chi connectivity index (χ1) is 10.2. The molecule has 3 rings (SSSR count). The maximum absolute atomic E-state index is 11.8. The highest BCUT2D eigenvalue weighted by molar-refractivity contribution is 5.84. The summed E-state index contributed by atoms with van der Waals surface area (Å²) in [6, 6.07) is 8.72. The molecule has 0 unspecified atom stereocenters. The number of anilines is 1. The zero-order valence-corrected chi connectivity index (χ0v) is 12.7. The molecule has 21 heavy (non-hydrogen) atoms. The first-order valence-corrected chi connectivity index (χ1v) is 7.65. The molecule has 0 atom stereocenters. The lowest BCUT2D eigenvalue weighted by molar-refractivity contribution is -0.148. The predicted molar refractivity (Wildman–Crippen MR) is 84.5 cm³/mol. The molecule has 0 bridgehead atoms. The zero-order chi connectivity index (χ0) is 14.8. The van der Waals surface area contributed by atoms with Crippen LogP contribution in [-0.2, 0) is 16.6 Å². The van der Waals surface area contributed by atoms with Crippen molar-refractivity contribution in [1.82, 2.24) is 4.57 Å². The van der Waals surface area contributed by atoms with E-state index in [1.165, 1.54) is 16.6 Å². The second kappa shape index (κ2) is 5.80. The van der Waals surface area contributed by atoms with Crippen LogP contribution in [0, 0.1) is 5.92 Å². The summed E-state index contributed by atoms with van der Waals surface area (Å²) in [5.41, 5.74) is 2.50. The first kappa shape index (κ1) is 14.0. The molecular formula is C17H22N2O2. The Morgan fingerprint density at radius 3 is 2.76 bits per heavy atom. The fourth-order valence-electron chi connectivity index (χ4n) is 3.10. The van der Waals surface area contributed by atoms with Gasteiger partial charge in [-0.25, -0.2) is 0 Å². The smallest absolute Gasteiger partial charge is 0.309 e. The van der Waals surface area contributed by atoms with Crippen molar-refractivity contribution in [1.29, 1.82) is 0 Å². The number of fused-ring (bicyclic) bond motifs is 1. The number of hydrogen-bond acceptors (Lipinski definition) is 3. The summed E-state index contributed by atoms with van der Waals surface area (Å²) < 4.78 is 7.25. The molecule has 0 spiro atoms. The van der Waals surface area contributed by atoms with Crippen molar-refractivity contribution in [2.24, 2.45) is 13.0 Å². The van der Waals surface area contributed by atoms with Crippen molar-refractivity contribution in [2.75, 3.05) is 24.6 Å². The molecule has 4 heteroatoms. The van der Waals surface area contributed by atoms with Crippen LogP contribution in [0.25, 0.3) is 10.9 Å². The van der Waals surface area contributed by atoms with Crippen molar-refractivity contribution < 1.29 is 9.53 Å². The fourth-order valence-corrected chi connectivity index (χ4v) is 3.10. The molecule has 1 aliphatic heterocycles. The largest absolute Gasteiger partial charge is 0.466 e. The van der Waals surface area contributed by atoms with Gasteiger partial charge in [-0.1, -0.05) is 0 Å². The second-order valence-electron chi connectivity index (χ2n) is 5.68. The fraction of sp³-hybridized carbons (Fsp3) is 0.471. The van der Waals surface area contributed by atoms with Gasteiger partial charge in [-0.15, -0.1) is 0 Å². The quantitative estimate of drug-likeness (QED) is 0.814. The molecule has 0 saturated carbocycles. The van der Waals surface area contributed by atoms with E-state index >= 15 is 0 Å². The van der Waals surface area contributed by atoms with E-state index in [0.717, 1.165) is 25.9 Å². The van der Waals surface area contributed by atoms with Crippen LogP contribution in [0.15, 0.2) is 30.5 Å². The Balaban J connectivity index is 1.69. The van der Waals surface area contributed by atoms with E-state index in [-0.39, 0.29) is 11.9 Å². The molecule has 1 aromatic carbocycles. The molecule has 1 aliphatic rings. The summed E-state index contributed by atoms with van der Waals surface area (Å²) in [7, 11) is 2.06. The molecule has 2 heterocycles. The second-order valence-corrected chi connectivity index (χ2v) is 5.68. The highest BCUT2D eigenvalue weighted by Crippen LogP contribution is 2.27. The van der Waals surface area contributed by atoms with Gasteiger partial charge in [0, 0.05) is 42.9 Å². The number of rotatable bonds is 3. The number of piperidine rings is 1. The number of aromatic nitrogens is 1. The van der Waals surface area contributed by atoms with E-state index in [9.17, 15) is 4.79 Å². The third-order valence-corrected chi connectivity index (χ3v) is 4.35. The zero-order valence-electron chi connectivity index (χ0n) is 12.7. The summed E-state index contributed by atoms with van der Waals surface area (Å²) in [4.78, 5) is 14.1. The Bertz CT molecular complexity index is 639. The van der Waals surface area contributed by atoms with Gasteiger partial charge < -0.3 is 14.2 Å². The van der Waals surface area contributed by atoms with E-state index in [1.807, 2.05) is 6.92 Å². The van der Waals surface area contributed by atoms with Crippen LogP contribution in [0.3, 0.4) is 0 Å². The summed E-state index contributed by atoms with van der Waals surface area (Å²) in [6.07, 6.45) is 3.85. The van der Waals surface area contributed by atoms with Crippen molar-refractivity contribution in [3.05, 3.63) is 30.5 Å². The van der Waals surface area contributed by atoms with Gasteiger partial charge in [-0.2, -0.15) is 0 Å². The van der Waals surface area contributed by atoms with Crippen molar-refractivity contribution in [3.8, 4) is 0 Å². The molecule has 1 saturated heterocycles. The van der Waals surface area contributed by atoms with Crippen LogP contribution in [0.1, 0.15) is 19.8 Å². The van der Waals surface area contributed by atoms with Crippen molar-refractivity contribution in [3.63, 3.8) is 0 Å². The summed E-state index contributed by atoms with van der Waals surface area (Å²) in [5, 5.41) is 1.27. The lowest BCUT2D eigenvalue weighted by Crippen LogP contribution is -2.36. The van der Waals surface area contributed by atoms with Crippen LogP contribution < -0.4 is 4.90 Å². The van der Waals surface area contributed by atoms with Crippen LogP contribution in [0.4, 0.5) is 5.69 Å². The van der Waals surface area contributed by atoms with Gasteiger partial charge >= 0.3 is 5.97 Å². The third kappa shape index (κ3) is 2.75. The molecule has 1 aromatic heterocycles. The Morgan fingerprint density at radius 2 is 2.05 bits per heavy atom. The van der Waals surface area contributed by atoms with Gasteiger partial charge in [0.1, 0.15) is 0 Å². The van der Waals surface area contributed by atoms with Crippen LogP contribution >= 0.6 is 0 Å². The number of aryl methyl sites for hydroxylation is 1. The molecule has 4 nitrogen and oxygen atoms in total. The lowest BCUT2D eigenvalue weighted by Gasteiger charge is -2.32. The summed E-state index contributed by atoms with van der Waals surface area (Å²) >= 11 is 0. The molecule has 1 fully saturated rings. The van der Waals surface area contributed by atoms with Crippen molar-refractivity contribution in [2.45, 2.75) is 19.8 Å². The highest BCUT2D eigenvalue weighted by atomic mass is 16.5. The Labute approximate surface area is 125 Å². The van der Waals surface area contributed by atoms with Gasteiger partial charge in [0.15, 0.2) is 0 Å². The van der Waals surface area contributed by atoms with Gasteiger partial charge in [-0.05, 0) is 44.0 Å². The Hall–Kier alpha value is -1.97. The van der Waals surface area contributed by atoms with Crippen LogP contribution in [0.2, 0.25) is 0 Å². The third-order valence-electron chi connectivity index (χ3n) is 4.35. The van der Waals surface area contributed by atoms with Crippen LogP contribution in [0.5, 0.6) is 0 Å². The SMILES string of the molecule is CCOC(=O)C1CCN(c2ccc3c(ccn3C)c2)CC1. The summed E-state index contributed by atoms with van der Waals surface area (Å²) in [6.45, 7) is 4.18. The number of hydrogen-bond donors (Lipinski definition) is 0. The van der Waals surface area contributed by atoms with E-state index in [1.54, 1.807) is 0 Å². The number of esters is 1. The van der Waals surface area contributed by atoms with E-state index in [0.29, 0.717) is 6.61 Å². The number of ether oxygens (including phenoxy) is 1. The number of carbonyl (C=O) groups excluding carboxylic acids is 1. The maximum Gasteiger partial charge on any atom is 0.309 e. The standard InChI is InChI=1S/C17H22N2O2/c1-3-21-17(20)13-7-10-19(11-8-13)15-4-5-16-14(12-15)6-9-18(16)2/h4-6,9,12-13H,3,7-8,10-11H2,1-2H3. The van der Waals surface area contributed by atoms with E-state index < -0.39 is 0 Å². The molecular weight excluding hydrogens is 264 g/mol. The minimum atomic E-state index is -0.0318. The monoisotopic (exact) mass is 286 g/mol. The normalized spacial score (nSPS) is 16.4. The average Bonchev–Trinajstić information content (AvgIpc) is 2.88. The number of benzene rings is 1. The topological polar surface area (TPSA) is 34.5 Å². The minimum absolute atomic E-state index is 0.0318. The highest BCUT2D eigenvalue weighted by Gasteiger charge is 2.26. The molecule has 2 aromatic rings. The van der Waals surface area contributed by atoms with Crippen LogP contribution in [-0.4, -0.2) is 30.2 Å².